The molecule has 2 aromatic rings. The number of ketones is 1. The summed E-state index contributed by atoms with van der Waals surface area (Å²) in [5.74, 6) is 0.761. The van der Waals surface area contributed by atoms with E-state index in [1.807, 2.05) is 49.3 Å². The monoisotopic (exact) mass is 438 g/mol. The highest BCUT2D eigenvalue weighted by molar-refractivity contribution is 8.05. The molecule has 2 heterocycles. The molecule has 6 nitrogen and oxygen atoms in total. The molecule has 0 aliphatic carbocycles. The minimum absolute atomic E-state index is 0.121. The van der Waals surface area contributed by atoms with Crippen LogP contribution in [0.2, 0.25) is 0 Å². The second kappa shape index (κ2) is 9.06. The van der Waals surface area contributed by atoms with Crippen LogP contribution in [0.3, 0.4) is 0 Å². The van der Waals surface area contributed by atoms with Gasteiger partial charge in [0.2, 0.25) is 5.78 Å². The molecule has 31 heavy (non-hydrogen) atoms. The Balaban J connectivity index is 1.62. The van der Waals surface area contributed by atoms with Crippen LogP contribution >= 0.6 is 11.8 Å². The molecule has 0 aromatic heterocycles. The van der Waals surface area contributed by atoms with Crippen molar-refractivity contribution >= 4 is 35.4 Å². The molecule has 2 aliphatic heterocycles. The highest BCUT2D eigenvalue weighted by Gasteiger charge is 2.33. The molecule has 2 aromatic carbocycles. The summed E-state index contributed by atoms with van der Waals surface area (Å²) in [6, 6.07) is 11.4. The second-order valence-electron chi connectivity index (χ2n) is 7.81. The fraction of sp³-hybridized carbons (Fsp3) is 0.333. The molecule has 162 valence electrons. The van der Waals surface area contributed by atoms with E-state index in [0.29, 0.717) is 40.0 Å². The van der Waals surface area contributed by atoms with Crippen LogP contribution < -0.4 is 14.4 Å². The Labute approximate surface area is 186 Å². The number of fused-ring (bicyclic) bond motifs is 1. The van der Waals surface area contributed by atoms with Crippen molar-refractivity contribution in [2.45, 2.75) is 24.2 Å². The topological polar surface area (TPSA) is 59.1 Å². The summed E-state index contributed by atoms with van der Waals surface area (Å²) in [5, 5.41) is 0. The number of likely N-dealkylation sites (tertiary alicyclic amines) is 1. The predicted octanol–water partition coefficient (Wildman–Crippen LogP) is 5.08. The number of hydrogen-bond acceptors (Lipinski definition) is 6. The zero-order valence-corrected chi connectivity index (χ0v) is 18.8. The average Bonchev–Trinajstić information content (AvgIpc) is 3.11. The van der Waals surface area contributed by atoms with E-state index in [2.05, 4.69) is 0 Å². The molecular formula is C24H26N2O4S. The number of amides is 1. The van der Waals surface area contributed by atoms with E-state index in [1.165, 1.54) is 18.9 Å². The second-order valence-corrected chi connectivity index (χ2v) is 8.86. The number of Topliss-reactive ketones (excluding diaryl/α,β-unsaturated/α-hetero) is 1. The Hall–Kier alpha value is -2.93. The Kier molecular flexibility index (Phi) is 6.23. The summed E-state index contributed by atoms with van der Waals surface area (Å²) in [4.78, 5) is 30.7. The van der Waals surface area contributed by atoms with Gasteiger partial charge in [-0.3, -0.25) is 4.79 Å². The smallest absolute Gasteiger partial charge is 0.415 e. The lowest BCUT2D eigenvalue weighted by Gasteiger charge is -2.26. The lowest BCUT2D eigenvalue weighted by molar-refractivity contribution is 0.103. The van der Waals surface area contributed by atoms with Crippen molar-refractivity contribution < 1.29 is 19.1 Å². The van der Waals surface area contributed by atoms with Gasteiger partial charge in [-0.2, -0.15) is 0 Å². The van der Waals surface area contributed by atoms with Crippen molar-refractivity contribution in [1.82, 2.24) is 4.90 Å². The third kappa shape index (κ3) is 4.42. The number of thioether (sulfide) groups is 1. The molecule has 0 bridgehead atoms. The van der Waals surface area contributed by atoms with Crippen LogP contribution in [-0.4, -0.2) is 51.1 Å². The number of hydrogen-bond donors (Lipinski definition) is 0. The van der Waals surface area contributed by atoms with Gasteiger partial charge in [-0.05, 0) is 55.2 Å². The van der Waals surface area contributed by atoms with Crippen molar-refractivity contribution in [3.8, 4) is 11.5 Å². The molecule has 0 N–H and O–H groups in total. The Morgan fingerprint density at radius 2 is 1.71 bits per heavy atom. The molecule has 0 saturated carbocycles. The fourth-order valence-corrected chi connectivity index (χ4v) is 4.86. The predicted molar refractivity (Wildman–Crippen MR) is 123 cm³/mol. The number of allylic oxidation sites excluding steroid dienone is 1. The van der Waals surface area contributed by atoms with Gasteiger partial charge in [-0.25, -0.2) is 4.79 Å². The van der Waals surface area contributed by atoms with Gasteiger partial charge in [0, 0.05) is 32.9 Å². The molecule has 2 aliphatic rings. The lowest BCUT2D eigenvalue weighted by atomic mass is 10.1. The number of rotatable bonds is 4. The van der Waals surface area contributed by atoms with Crippen LogP contribution in [0, 0.1) is 0 Å². The molecule has 0 spiro atoms. The van der Waals surface area contributed by atoms with Gasteiger partial charge in [0.05, 0.1) is 22.5 Å². The summed E-state index contributed by atoms with van der Waals surface area (Å²) >= 11 is 1.32. The van der Waals surface area contributed by atoms with Crippen LogP contribution in [0.15, 0.2) is 46.2 Å². The first kappa shape index (κ1) is 21.3. The Bertz CT molecular complexity index is 1020. The summed E-state index contributed by atoms with van der Waals surface area (Å²) in [6.07, 6.45) is 4.61. The number of benzene rings is 2. The summed E-state index contributed by atoms with van der Waals surface area (Å²) in [6.45, 7) is 1.41. The maximum Gasteiger partial charge on any atom is 0.415 e. The first-order chi connectivity index (χ1) is 15.0. The molecule has 4 rings (SSSR count). The average molecular weight is 439 g/mol. The molecule has 1 saturated heterocycles. The van der Waals surface area contributed by atoms with Gasteiger partial charge in [0.25, 0.3) is 0 Å². The van der Waals surface area contributed by atoms with Gasteiger partial charge in [-0.15, -0.1) is 0 Å². The number of piperidine rings is 1. The largest absolute Gasteiger partial charge is 0.496 e. The van der Waals surface area contributed by atoms with E-state index in [4.69, 9.17) is 9.47 Å². The molecular weight excluding hydrogens is 412 g/mol. The number of ether oxygens (including phenoxy) is 2. The minimum Gasteiger partial charge on any atom is -0.496 e. The molecule has 0 radical (unpaired) electrons. The summed E-state index contributed by atoms with van der Waals surface area (Å²) in [5.41, 5.74) is 2.47. The third-order valence-corrected chi connectivity index (χ3v) is 6.62. The molecule has 1 amide bonds. The fourth-order valence-electron chi connectivity index (χ4n) is 3.74. The number of anilines is 1. The highest BCUT2D eigenvalue weighted by atomic mass is 32.2. The standard InChI is InChI=1S/C24H26N2O4S/c1-25(2)17-9-7-16(8-10-17)15-20-22(27)21-18(29-3)11-12-19(23(21)31-20)30-24(28)26-13-5-4-6-14-26/h7-12,15H,4-6,13-14H2,1-3H3/b20-15-. The molecule has 0 atom stereocenters. The maximum atomic E-state index is 13.2. The SMILES string of the molecule is COc1ccc(OC(=O)N2CCCCC2)c2c1C(=O)/C(=C/c1ccc(N(C)C)cc1)S2. The minimum atomic E-state index is -0.364. The number of carbonyl (C=O) groups is 2. The zero-order valence-electron chi connectivity index (χ0n) is 18.0. The van der Waals surface area contributed by atoms with Crippen LogP contribution in [0.4, 0.5) is 10.5 Å². The van der Waals surface area contributed by atoms with Gasteiger partial charge in [-0.1, -0.05) is 23.9 Å². The first-order valence-electron chi connectivity index (χ1n) is 10.4. The van der Waals surface area contributed by atoms with E-state index >= 15 is 0 Å². The van der Waals surface area contributed by atoms with Crippen LogP contribution in [0.5, 0.6) is 11.5 Å². The van der Waals surface area contributed by atoms with Gasteiger partial charge in [0.1, 0.15) is 11.5 Å². The highest BCUT2D eigenvalue weighted by Crippen LogP contribution is 2.49. The number of nitrogens with zero attached hydrogens (tertiary/aromatic N) is 2. The van der Waals surface area contributed by atoms with Crippen molar-refractivity contribution in [2.24, 2.45) is 0 Å². The van der Waals surface area contributed by atoms with Gasteiger partial charge >= 0.3 is 6.09 Å². The van der Waals surface area contributed by atoms with Crippen molar-refractivity contribution in [2.75, 3.05) is 39.2 Å². The van der Waals surface area contributed by atoms with Crippen LogP contribution in [0.25, 0.3) is 6.08 Å². The van der Waals surface area contributed by atoms with E-state index < -0.39 is 0 Å². The first-order valence-corrected chi connectivity index (χ1v) is 11.2. The van der Waals surface area contributed by atoms with Crippen molar-refractivity contribution in [1.29, 1.82) is 0 Å². The molecule has 1 fully saturated rings. The van der Waals surface area contributed by atoms with Crippen LogP contribution in [0.1, 0.15) is 35.2 Å². The van der Waals surface area contributed by atoms with Crippen molar-refractivity contribution in [3.63, 3.8) is 0 Å². The summed E-state index contributed by atoms with van der Waals surface area (Å²) < 4.78 is 11.1. The summed E-state index contributed by atoms with van der Waals surface area (Å²) in [7, 11) is 5.51. The normalized spacial score (nSPS) is 16.9. The van der Waals surface area contributed by atoms with E-state index in [0.717, 1.165) is 30.5 Å². The van der Waals surface area contributed by atoms with Gasteiger partial charge < -0.3 is 19.3 Å². The van der Waals surface area contributed by atoms with E-state index in [1.54, 1.807) is 17.0 Å². The number of methoxy groups -OCH3 is 1. The van der Waals surface area contributed by atoms with E-state index in [9.17, 15) is 9.59 Å². The number of carbonyl (C=O) groups excluding carboxylic acids is 2. The Morgan fingerprint density at radius 3 is 2.35 bits per heavy atom. The Morgan fingerprint density at radius 1 is 1.03 bits per heavy atom. The molecule has 7 heteroatoms. The van der Waals surface area contributed by atoms with Gasteiger partial charge in [0.15, 0.2) is 0 Å². The third-order valence-electron chi connectivity index (χ3n) is 5.48. The maximum absolute atomic E-state index is 13.2. The zero-order chi connectivity index (χ0) is 22.0. The lowest BCUT2D eigenvalue weighted by Crippen LogP contribution is -2.37. The van der Waals surface area contributed by atoms with Crippen molar-refractivity contribution in [3.05, 3.63) is 52.4 Å². The molecule has 0 unspecified atom stereocenters. The van der Waals surface area contributed by atoms with E-state index in [-0.39, 0.29) is 11.9 Å². The quantitative estimate of drug-likeness (QED) is 0.621. The van der Waals surface area contributed by atoms with Crippen LogP contribution in [-0.2, 0) is 0 Å².